The van der Waals surface area contributed by atoms with Crippen molar-refractivity contribution in [2.75, 3.05) is 5.75 Å². The first-order valence-electron chi connectivity index (χ1n) is 3.91. The fraction of sp³-hybridized carbons (Fsp3) is 0.200. The number of benzene rings is 1. The van der Waals surface area contributed by atoms with E-state index in [4.69, 9.17) is 0 Å². The lowest BCUT2D eigenvalue weighted by molar-refractivity contribution is -0.137. The van der Waals surface area contributed by atoms with Crippen molar-refractivity contribution in [1.82, 2.24) is 0 Å². The van der Waals surface area contributed by atoms with Gasteiger partial charge in [0.15, 0.2) is 0 Å². The molecule has 15 heavy (non-hydrogen) atoms. The van der Waals surface area contributed by atoms with Crippen molar-refractivity contribution in [2.45, 2.75) is 6.18 Å². The Labute approximate surface area is 89.7 Å². The fourth-order valence-corrected chi connectivity index (χ4v) is 1.07. The molecule has 0 aliphatic carbocycles. The van der Waals surface area contributed by atoms with Crippen LogP contribution in [0, 0.1) is 17.7 Å². The summed E-state index contributed by atoms with van der Waals surface area (Å²) in [6, 6.07) is 2.38. The van der Waals surface area contributed by atoms with Crippen LogP contribution in [0.2, 0.25) is 0 Å². The van der Waals surface area contributed by atoms with E-state index in [2.05, 4.69) is 24.5 Å². The molecular formula is C10H6F4S. The summed E-state index contributed by atoms with van der Waals surface area (Å²) in [7, 11) is 0. The number of thiol groups is 1. The van der Waals surface area contributed by atoms with E-state index in [0.717, 1.165) is 12.1 Å². The zero-order valence-corrected chi connectivity index (χ0v) is 8.29. The topological polar surface area (TPSA) is 0 Å². The first-order valence-corrected chi connectivity index (χ1v) is 4.55. The van der Waals surface area contributed by atoms with Crippen LogP contribution in [0.1, 0.15) is 11.1 Å². The zero-order chi connectivity index (χ0) is 11.5. The van der Waals surface area contributed by atoms with Crippen molar-refractivity contribution in [3.8, 4) is 11.8 Å². The molecule has 0 aliphatic rings. The quantitative estimate of drug-likeness (QED) is 0.398. The molecule has 0 radical (unpaired) electrons. The smallest absolute Gasteiger partial charge is 0.207 e. The average Bonchev–Trinajstić information content (AvgIpc) is 2.14. The van der Waals surface area contributed by atoms with Gasteiger partial charge in [0.2, 0.25) is 0 Å². The van der Waals surface area contributed by atoms with Crippen molar-refractivity contribution in [2.24, 2.45) is 0 Å². The number of halogens is 4. The molecule has 5 heteroatoms. The highest BCUT2D eigenvalue weighted by atomic mass is 32.1. The zero-order valence-electron chi connectivity index (χ0n) is 7.40. The highest BCUT2D eigenvalue weighted by Gasteiger charge is 2.33. The highest BCUT2D eigenvalue weighted by molar-refractivity contribution is 7.80. The lowest BCUT2D eigenvalue weighted by Gasteiger charge is -2.08. The summed E-state index contributed by atoms with van der Waals surface area (Å²) < 4.78 is 49.8. The predicted octanol–water partition coefficient (Wildman–Crippen LogP) is 3.13. The van der Waals surface area contributed by atoms with Gasteiger partial charge in [0, 0.05) is 5.56 Å². The second-order valence-corrected chi connectivity index (χ2v) is 2.96. The average molecular weight is 234 g/mol. The molecule has 0 saturated carbocycles. The van der Waals surface area contributed by atoms with E-state index in [1.165, 1.54) is 0 Å². The summed E-state index contributed by atoms with van der Waals surface area (Å²) in [5, 5.41) is 0. The van der Waals surface area contributed by atoms with E-state index in [1.54, 1.807) is 0 Å². The molecule has 0 aromatic heterocycles. The Kier molecular flexibility index (Phi) is 3.64. The van der Waals surface area contributed by atoms with Gasteiger partial charge in [0.25, 0.3) is 0 Å². The molecule has 1 aromatic carbocycles. The van der Waals surface area contributed by atoms with Crippen LogP contribution >= 0.6 is 12.6 Å². The summed E-state index contributed by atoms with van der Waals surface area (Å²) >= 11 is 3.75. The van der Waals surface area contributed by atoms with E-state index in [0.29, 0.717) is 6.07 Å². The molecule has 80 valence electrons. The Balaban J connectivity index is 3.27. The third kappa shape index (κ3) is 3.17. The van der Waals surface area contributed by atoms with E-state index < -0.39 is 17.6 Å². The maximum absolute atomic E-state index is 12.6. The van der Waals surface area contributed by atoms with Crippen LogP contribution in [-0.2, 0) is 6.18 Å². The third-order valence-corrected chi connectivity index (χ3v) is 1.75. The molecule has 0 bridgehead atoms. The Bertz CT molecular complexity index is 412. The van der Waals surface area contributed by atoms with Crippen molar-refractivity contribution < 1.29 is 17.6 Å². The summed E-state index contributed by atoms with van der Waals surface area (Å²) in [4.78, 5) is 0. The number of hydrogen-bond acceptors (Lipinski definition) is 1. The highest BCUT2D eigenvalue weighted by Crippen LogP contribution is 2.32. The molecule has 0 heterocycles. The molecule has 0 fully saturated rings. The van der Waals surface area contributed by atoms with Crippen molar-refractivity contribution in [3.63, 3.8) is 0 Å². The lowest BCUT2D eigenvalue weighted by Crippen LogP contribution is -2.08. The molecule has 0 nitrogen and oxygen atoms in total. The monoisotopic (exact) mass is 234 g/mol. The molecule has 0 N–H and O–H groups in total. The molecule has 0 spiro atoms. The molecular weight excluding hydrogens is 228 g/mol. The molecule has 0 atom stereocenters. The van der Waals surface area contributed by atoms with Crippen LogP contribution in [0.25, 0.3) is 0 Å². The Morgan fingerprint density at radius 1 is 1.27 bits per heavy atom. The molecule has 1 rings (SSSR count). The van der Waals surface area contributed by atoms with Gasteiger partial charge in [-0.05, 0) is 18.2 Å². The third-order valence-electron chi connectivity index (χ3n) is 1.59. The van der Waals surface area contributed by atoms with Crippen molar-refractivity contribution in [1.29, 1.82) is 0 Å². The van der Waals surface area contributed by atoms with Gasteiger partial charge in [0.1, 0.15) is 5.82 Å². The first kappa shape index (κ1) is 11.9. The largest absolute Gasteiger partial charge is 0.417 e. The molecule has 0 saturated heterocycles. The summed E-state index contributed by atoms with van der Waals surface area (Å²) in [5.41, 5.74) is -1.30. The number of rotatable bonds is 0. The minimum absolute atomic E-state index is 0.147. The molecule has 0 aliphatic heterocycles. The van der Waals surface area contributed by atoms with Gasteiger partial charge in [-0.1, -0.05) is 11.8 Å². The van der Waals surface area contributed by atoms with Crippen LogP contribution < -0.4 is 0 Å². The SMILES string of the molecule is Fc1ccc(C#CCS)c(C(F)(F)F)c1. The van der Waals surface area contributed by atoms with Gasteiger partial charge in [0.05, 0.1) is 11.3 Å². The first-order chi connectivity index (χ1) is 6.95. The van der Waals surface area contributed by atoms with Crippen LogP contribution in [-0.4, -0.2) is 5.75 Å². The van der Waals surface area contributed by atoms with E-state index in [9.17, 15) is 17.6 Å². The molecule has 0 unspecified atom stereocenters. The van der Waals surface area contributed by atoms with Gasteiger partial charge < -0.3 is 0 Å². The second kappa shape index (κ2) is 4.58. The summed E-state index contributed by atoms with van der Waals surface area (Å²) in [6.07, 6.45) is -4.59. The van der Waals surface area contributed by atoms with E-state index in [1.807, 2.05) is 0 Å². The second-order valence-electron chi connectivity index (χ2n) is 2.65. The predicted molar refractivity (Wildman–Crippen MR) is 52.1 cm³/mol. The van der Waals surface area contributed by atoms with E-state index in [-0.39, 0.29) is 11.3 Å². The minimum Gasteiger partial charge on any atom is -0.207 e. The van der Waals surface area contributed by atoms with Crippen molar-refractivity contribution >= 4 is 12.6 Å². The maximum atomic E-state index is 12.6. The van der Waals surface area contributed by atoms with Crippen LogP contribution in [0.15, 0.2) is 18.2 Å². The normalized spacial score (nSPS) is 10.7. The van der Waals surface area contributed by atoms with Crippen LogP contribution in [0.3, 0.4) is 0 Å². The standard InChI is InChI=1S/C10H6F4S/c11-8-4-3-7(2-1-5-15)9(6-8)10(12,13)14/h3-4,6,15H,5H2. The number of alkyl halides is 3. The maximum Gasteiger partial charge on any atom is 0.417 e. The van der Waals surface area contributed by atoms with Crippen LogP contribution in [0.4, 0.5) is 17.6 Å². The van der Waals surface area contributed by atoms with Gasteiger partial charge in [-0.15, -0.1) is 0 Å². The summed E-state index contributed by atoms with van der Waals surface area (Å²) in [5.74, 6) is 3.89. The minimum atomic E-state index is -4.59. The Hall–Kier alpha value is -1.15. The molecule has 1 aromatic rings. The Morgan fingerprint density at radius 2 is 1.93 bits per heavy atom. The van der Waals surface area contributed by atoms with Gasteiger partial charge in [-0.25, -0.2) is 4.39 Å². The van der Waals surface area contributed by atoms with Gasteiger partial charge >= 0.3 is 6.18 Å². The Morgan fingerprint density at radius 3 is 2.47 bits per heavy atom. The van der Waals surface area contributed by atoms with E-state index >= 15 is 0 Å². The van der Waals surface area contributed by atoms with Crippen molar-refractivity contribution in [3.05, 3.63) is 35.1 Å². The van der Waals surface area contributed by atoms with Crippen LogP contribution in [0.5, 0.6) is 0 Å². The summed E-state index contributed by atoms with van der Waals surface area (Å²) in [6.45, 7) is 0. The molecule has 0 amide bonds. The number of hydrogen-bond donors (Lipinski definition) is 1. The fourth-order valence-electron chi connectivity index (χ4n) is 0.995. The van der Waals surface area contributed by atoms with Gasteiger partial charge in [-0.2, -0.15) is 25.8 Å². The lowest BCUT2D eigenvalue weighted by atomic mass is 10.1. The van der Waals surface area contributed by atoms with Gasteiger partial charge in [-0.3, -0.25) is 0 Å².